The Labute approximate surface area is 182 Å². The van der Waals surface area contributed by atoms with Crippen LogP contribution in [0.3, 0.4) is 0 Å². The molecule has 0 saturated carbocycles. The van der Waals surface area contributed by atoms with Gasteiger partial charge in [0.2, 0.25) is 11.9 Å². The summed E-state index contributed by atoms with van der Waals surface area (Å²) in [6, 6.07) is 7.66. The van der Waals surface area contributed by atoms with Gasteiger partial charge in [0.15, 0.2) is 0 Å². The van der Waals surface area contributed by atoms with Crippen molar-refractivity contribution in [2.75, 3.05) is 58.4 Å². The van der Waals surface area contributed by atoms with Crippen LogP contribution in [0.15, 0.2) is 30.5 Å². The molecule has 1 unspecified atom stereocenters. The van der Waals surface area contributed by atoms with Crippen LogP contribution in [-0.2, 0) is 9.53 Å². The zero-order valence-electron chi connectivity index (χ0n) is 17.6. The SMILES string of the molecule is CN(C)c1ncc(-c2cccc(Cl)c2)c(C2CCCN2C(=O)CN2CCOCC2)n1. The largest absolute Gasteiger partial charge is 0.379 e. The second-order valence-electron chi connectivity index (χ2n) is 8.01. The minimum Gasteiger partial charge on any atom is -0.379 e. The number of morpholine rings is 1. The smallest absolute Gasteiger partial charge is 0.237 e. The lowest BCUT2D eigenvalue weighted by Crippen LogP contribution is -2.44. The first-order valence-corrected chi connectivity index (χ1v) is 10.8. The third-order valence-electron chi connectivity index (χ3n) is 5.69. The summed E-state index contributed by atoms with van der Waals surface area (Å²) >= 11 is 6.25. The van der Waals surface area contributed by atoms with Crippen LogP contribution in [0.2, 0.25) is 5.02 Å². The van der Waals surface area contributed by atoms with Crippen LogP contribution >= 0.6 is 11.6 Å². The summed E-state index contributed by atoms with van der Waals surface area (Å²) in [5.41, 5.74) is 2.79. The van der Waals surface area contributed by atoms with E-state index in [1.165, 1.54) is 0 Å². The van der Waals surface area contributed by atoms with Gasteiger partial charge in [-0.05, 0) is 30.5 Å². The number of anilines is 1. The molecule has 2 fully saturated rings. The summed E-state index contributed by atoms with van der Waals surface area (Å²) in [5.74, 6) is 0.796. The standard InChI is InChI=1S/C22H28ClN5O2/c1-26(2)22-24-14-18(16-5-3-6-17(23)13-16)21(25-22)19-7-4-8-28(19)20(29)15-27-9-11-30-12-10-27/h3,5-6,13-14,19H,4,7-12,15H2,1-2H3. The molecule has 2 saturated heterocycles. The van der Waals surface area contributed by atoms with Gasteiger partial charge in [0, 0.05) is 50.5 Å². The predicted octanol–water partition coefficient (Wildman–Crippen LogP) is 2.86. The normalized spacial score (nSPS) is 19.8. The zero-order valence-corrected chi connectivity index (χ0v) is 18.3. The maximum Gasteiger partial charge on any atom is 0.237 e. The van der Waals surface area contributed by atoms with Gasteiger partial charge in [-0.25, -0.2) is 9.97 Å². The average Bonchev–Trinajstić information content (AvgIpc) is 3.24. The number of halogens is 1. The van der Waals surface area contributed by atoms with E-state index in [1.54, 1.807) is 0 Å². The van der Waals surface area contributed by atoms with Crippen molar-refractivity contribution in [3.05, 3.63) is 41.2 Å². The van der Waals surface area contributed by atoms with Crippen LogP contribution in [-0.4, -0.2) is 79.2 Å². The Morgan fingerprint density at radius 1 is 1.27 bits per heavy atom. The number of hydrogen-bond acceptors (Lipinski definition) is 6. The number of likely N-dealkylation sites (tertiary alicyclic amines) is 1. The van der Waals surface area contributed by atoms with Gasteiger partial charge in [0.1, 0.15) is 0 Å². The highest BCUT2D eigenvalue weighted by molar-refractivity contribution is 6.30. The lowest BCUT2D eigenvalue weighted by molar-refractivity contribution is -0.134. The molecule has 2 aromatic rings. The molecule has 1 aromatic carbocycles. The summed E-state index contributed by atoms with van der Waals surface area (Å²) < 4.78 is 5.41. The van der Waals surface area contributed by atoms with E-state index in [2.05, 4.69) is 9.88 Å². The first-order valence-electron chi connectivity index (χ1n) is 10.4. The number of hydrogen-bond donors (Lipinski definition) is 0. The number of nitrogens with zero attached hydrogens (tertiary/aromatic N) is 5. The molecule has 7 nitrogen and oxygen atoms in total. The number of aromatic nitrogens is 2. The molecule has 3 heterocycles. The fourth-order valence-corrected chi connectivity index (χ4v) is 4.31. The van der Waals surface area contributed by atoms with Crippen LogP contribution in [0.25, 0.3) is 11.1 Å². The molecule has 30 heavy (non-hydrogen) atoms. The molecule has 0 bridgehead atoms. The second-order valence-corrected chi connectivity index (χ2v) is 8.44. The molecule has 8 heteroatoms. The third-order valence-corrected chi connectivity index (χ3v) is 5.93. The van der Waals surface area contributed by atoms with Crippen molar-refractivity contribution in [2.45, 2.75) is 18.9 Å². The maximum absolute atomic E-state index is 13.2. The maximum atomic E-state index is 13.2. The van der Waals surface area contributed by atoms with E-state index in [9.17, 15) is 4.79 Å². The van der Waals surface area contributed by atoms with Crippen molar-refractivity contribution in [1.82, 2.24) is 19.8 Å². The quantitative estimate of drug-likeness (QED) is 0.728. The second kappa shape index (κ2) is 9.29. The van der Waals surface area contributed by atoms with Crippen molar-refractivity contribution >= 4 is 23.5 Å². The summed E-state index contributed by atoms with van der Waals surface area (Å²) in [4.78, 5) is 28.6. The molecule has 160 valence electrons. The predicted molar refractivity (Wildman–Crippen MR) is 118 cm³/mol. The van der Waals surface area contributed by atoms with Gasteiger partial charge in [0.05, 0.1) is 31.5 Å². The number of carbonyl (C=O) groups is 1. The number of rotatable bonds is 5. The number of carbonyl (C=O) groups excluding carboxylic acids is 1. The minimum atomic E-state index is -0.0609. The fourth-order valence-electron chi connectivity index (χ4n) is 4.12. The summed E-state index contributed by atoms with van der Waals surface area (Å²) in [6.07, 6.45) is 3.72. The molecule has 2 aliphatic heterocycles. The number of benzene rings is 1. The Bertz CT molecular complexity index is 901. The summed E-state index contributed by atoms with van der Waals surface area (Å²) in [7, 11) is 3.85. The van der Waals surface area contributed by atoms with Gasteiger partial charge in [-0.2, -0.15) is 0 Å². The fraction of sp³-hybridized carbons (Fsp3) is 0.500. The molecular weight excluding hydrogens is 402 g/mol. The highest BCUT2D eigenvalue weighted by Crippen LogP contribution is 2.37. The van der Waals surface area contributed by atoms with Crippen LogP contribution in [0.1, 0.15) is 24.6 Å². The van der Waals surface area contributed by atoms with Crippen molar-refractivity contribution in [1.29, 1.82) is 0 Å². The highest BCUT2D eigenvalue weighted by Gasteiger charge is 2.34. The van der Waals surface area contributed by atoms with Crippen LogP contribution in [0.4, 0.5) is 5.95 Å². The van der Waals surface area contributed by atoms with Gasteiger partial charge in [-0.1, -0.05) is 23.7 Å². The van der Waals surface area contributed by atoms with E-state index in [0.29, 0.717) is 30.7 Å². The molecule has 4 rings (SSSR count). The van der Waals surface area contributed by atoms with E-state index in [0.717, 1.165) is 49.3 Å². The number of amides is 1. The topological polar surface area (TPSA) is 61.8 Å². The van der Waals surface area contributed by atoms with Crippen molar-refractivity contribution < 1.29 is 9.53 Å². The van der Waals surface area contributed by atoms with Gasteiger partial charge >= 0.3 is 0 Å². The molecule has 0 spiro atoms. The van der Waals surface area contributed by atoms with E-state index < -0.39 is 0 Å². The van der Waals surface area contributed by atoms with Gasteiger partial charge < -0.3 is 14.5 Å². The van der Waals surface area contributed by atoms with Crippen LogP contribution in [0, 0.1) is 0 Å². The van der Waals surface area contributed by atoms with Gasteiger partial charge in [-0.3, -0.25) is 9.69 Å². The molecule has 1 amide bonds. The monoisotopic (exact) mass is 429 g/mol. The van der Waals surface area contributed by atoms with Crippen molar-refractivity contribution in [2.24, 2.45) is 0 Å². The Morgan fingerprint density at radius 3 is 2.80 bits per heavy atom. The molecule has 1 atom stereocenters. The molecular formula is C22H28ClN5O2. The Balaban J connectivity index is 1.66. The lowest BCUT2D eigenvalue weighted by Gasteiger charge is -2.31. The minimum absolute atomic E-state index is 0.0609. The van der Waals surface area contributed by atoms with Gasteiger partial charge in [0.25, 0.3) is 0 Å². The summed E-state index contributed by atoms with van der Waals surface area (Å²) in [5, 5.41) is 0.668. The van der Waals surface area contributed by atoms with Crippen LogP contribution < -0.4 is 4.90 Å². The summed E-state index contributed by atoms with van der Waals surface area (Å²) in [6.45, 7) is 4.16. The first kappa shape index (κ1) is 21.0. The Morgan fingerprint density at radius 2 is 2.07 bits per heavy atom. The van der Waals surface area contributed by atoms with E-state index >= 15 is 0 Å². The zero-order chi connectivity index (χ0) is 21.1. The molecule has 2 aliphatic rings. The average molecular weight is 430 g/mol. The van der Waals surface area contributed by atoms with E-state index in [-0.39, 0.29) is 11.9 Å². The number of ether oxygens (including phenoxy) is 1. The van der Waals surface area contributed by atoms with Crippen molar-refractivity contribution in [3.8, 4) is 11.1 Å². The Hall–Kier alpha value is -2.22. The lowest BCUT2D eigenvalue weighted by atomic mass is 10.00. The van der Waals surface area contributed by atoms with Crippen molar-refractivity contribution in [3.63, 3.8) is 0 Å². The van der Waals surface area contributed by atoms with E-state index in [1.807, 2.05) is 54.4 Å². The van der Waals surface area contributed by atoms with Crippen LogP contribution in [0.5, 0.6) is 0 Å². The Kier molecular flexibility index (Phi) is 6.51. The molecule has 0 N–H and O–H groups in total. The van der Waals surface area contributed by atoms with E-state index in [4.69, 9.17) is 21.3 Å². The highest BCUT2D eigenvalue weighted by atomic mass is 35.5. The first-order chi connectivity index (χ1) is 14.5. The molecule has 1 aromatic heterocycles. The third kappa shape index (κ3) is 4.58. The van der Waals surface area contributed by atoms with Gasteiger partial charge in [-0.15, -0.1) is 0 Å². The molecule has 0 aliphatic carbocycles. The molecule has 0 radical (unpaired) electrons.